The number of carbonyl (C=O) groups is 2. The zero-order chi connectivity index (χ0) is 27.0. The number of ether oxygens (including phenoxy) is 3. The molecule has 3 aromatic rings. The van der Waals surface area contributed by atoms with Crippen molar-refractivity contribution in [2.24, 2.45) is 5.73 Å². The molecule has 0 radical (unpaired) electrons. The summed E-state index contributed by atoms with van der Waals surface area (Å²) in [6.45, 7) is 1.45. The Bertz CT molecular complexity index is 1340. The van der Waals surface area contributed by atoms with E-state index in [1.54, 1.807) is 18.0 Å². The molecule has 0 spiro atoms. The highest BCUT2D eigenvalue weighted by molar-refractivity contribution is 5.95. The molecule has 1 aromatic heterocycles. The van der Waals surface area contributed by atoms with Crippen molar-refractivity contribution in [2.75, 3.05) is 31.8 Å². The molecule has 2 amide bonds. The number of hydrogen-bond donors (Lipinski definition) is 2. The van der Waals surface area contributed by atoms with E-state index < -0.39 is 11.5 Å². The van der Waals surface area contributed by atoms with Crippen LogP contribution in [0.25, 0.3) is 0 Å². The summed E-state index contributed by atoms with van der Waals surface area (Å²) >= 11 is 0. The Morgan fingerprint density at radius 1 is 1.08 bits per heavy atom. The molecule has 196 valence electrons. The van der Waals surface area contributed by atoms with Gasteiger partial charge in [-0.2, -0.15) is 0 Å². The Kier molecular flexibility index (Phi) is 8.58. The number of aliphatic hydroxyl groups is 1. The molecule has 0 bridgehead atoms. The standard InChI is InChI=1S/C17H19NO4.C12H10N2O2/c1-18-14-12-13(2-3-15(14)22-9-5-16(18)19)4-6-17(20)7-10-21-11-8-17;13-12(15)11-8-10(6-7-14-11)16-9-4-2-1-3-5-9/h2-3,12,20H,5,7-11H2,1H3;1-8H,(H2,13,15). The lowest BCUT2D eigenvalue weighted by Gasteiger charge is -2.26. The summed E-state index contributed by atoms with van der Waals surface area (Å²) in [4.78, 5) is 28.2. The smallest absolute Gasteiger partial charge is 0.267 e. The Morgan fingerprint density at radius 3 is 2.58 bits per heavy atom. The number of rotatable bonds is 3. The average Bonchev–Trinajstić information content (AvgIpc) is 3.07. The van der Waals surface area contributed by atoms with Crippen molar-refractivity contribution in [3.8, 4) is 29.1 Å². The van der Waals surface area contributed by atoms with Crippen LogP contribution in [-0.4, -0.2) is 54.4 Å². The first-order valence-corrected chi connectivity index (χ1v) is 12.2. The maximum atomic E-state index is 11.9. The monoisotopic (exact) mass is 515 g/mol. The Morgan fingerprint density at radius 2 is 1.84 bits per heavy atom. The van der Waals surface area contributed by atoms with E-state index in [9.17, 15) is 14.7 Å². The third kappa shape index (κ3) is 7.09. The summed E-state index contributed by atoms with van der Waals surface area (Å²) in [7, 11) is 1.74. The predicted octanol–water partition coefficient (Wildman–Crippen LogP) is 3.30. The molecule has 38 heavy (non-hydrogen) atoms. The van der Waals surface area contributed by atoms with Crippen LogP contribution in [0.4, 0.5) is 5.69 Å². The summed E-state index contributed by atoms with van der Waals surface area (Å²) in [5.74, 6) is 7.32. The van der Waals surface area contributed by atoms with Gasteiger partial charge in [0.15, 0.2) is 0 Å². The number of benzene rings is 2. The van der Waals surface area contributed by atoms with Gasteiger partial charge in [0, 0.05) is 37.7 Å². The number of nitrogens with two attached hydrogens (primary N) is 1. The highest BCUT2D eigenvalue weighted by atomic mass is 16.5. The molecule has 0 atom stereocenters. The van der Waals surface area contributed by atoms with Crippen molar-refractivity contribution in [3.05, 3.63) is 78.1 Å². The van der Waals surface area contributed by atoms with E-state index in [2.05, 4.69) is 16.8 Å². The van der Waals surface area contributed by atoms with Crippen LogP contribution >= 0.6 is 0 Å². The van der Waals surface area contributed by atoms with Gasteiger partial charge < -0.3 is 30.0 Å². The largest absolute Gasteiger partial charge is 0.491 e. The first-order chi connectivity index (χ1) is 18.3. The van der Waals surface area contributed by atoms with Crippen molar-refractivity contribution in [1.82, 2.24) is 4.98 Å². The second-order valence-corrected chi connectivity index (χ2v) is 8.78. The molecule has 0 unspecified atom stereocenters. The minimum atomic E-state index is -0.983. The molecule has 2 aliphatic heterocycles. The van der Waals surface area contributed by atoms with E-state index in [-0.39, 0.29) is 11.6 Å². The van der Waals surface area contributed by atoms with E-state index in [1.807, 2.05) is 48.5 Å². The van der Waals surface area contributed by atoms with Gasteiger partial charge in [-0.05, 0) is 36.4 Å². The number of nitrogens with zero attached hydrogens (tertiary/aromatic N) is 2. The fourth-order valence-corrected chi connectivity index (χ4v) is 3.79. The second-order valence-electron chi connectivity index (χ2n) is 8.78. The summed E-state index contributed by atoms with van der Waals surface area (Å²) in [5, 5.41) is 10.4. The molecule has 2 aromatic carbocycles. The van der Waals surface area contributed by atoms with Crippen LogP contribution in [0.3, 0.4) is 0 Å². The highest BCUT2D eigenvalue weighted by Gasteiger charge is 2.27. The quantitative estimate of drug-likeness (QED) is 0.513. The minimum absolute atomic E-state index is 0.0203. The third-order valence-electron chi connectivity index (χ3n) is 5.99. The Balaban J connectivity index is 0.000000186. The molecule has 2 aliphatic rings. The van der Waals surface area contributed by atoms with Gasteiger partial charge in [-0.1, -0.05) is 30.0 Å². The minimum Gasteiger partial charge on any atom is -0.491 e. The fourth-order valence-electron chi connectivity index (χ4n) is 3.79. The van der Waals surface area contributed by atoms with Crippen LogP contribution < -0.4 is 20.1 Å². The van der Waals surface area contributed by atoms with Gasteiger partial charge in [-0.3, -0.25) is 14.6 Å². The Hall–Kier alpha value is -4.39. The molecule has 9 nitrogen and oxygen atoms in total. The van der Waals surface area contributed by atoms with Gasteiger partial charge in [-0.25, -0.2) is 0 Å². The van der Waals surface area contributed by atoms with Crippen molar-refractivity contribution in [1.29, 1.82) is 0 Å². The van der Waals surface area contributed by atoms with Crippen molar-refractivity contribution in [2.45, 2.75) is 24.9 Å². The Labute approximate surface area is 221 Å². The number of pyridine rings is 1. The third-order valence-corrected chi connectivity index (χ3v) is 5.99. The number of anilines is 1. The first kappa shape index (κ1) is 26.7. The summed E-state index contributed by atoms with van der Waals surface area (Å²) in [6, 6.07) is 17.9. The van der Waals surface area contributed by atoms with Crippen LogP contribution in [0, 0.1) is 11.8 Å². The van der Waals surface area contributed by atoms with Crippen molar-refractivity contribution < 1.29 is 28.9 Å². The number of carbonyl (C=O) groups excluding carboxylic acids is 2. The molecule has 1 fully saturated rings. The van der Waals surface area contributed by atoms with E-state index in [0.717, 1.165) is 5.56 Å². The maximum Gasteiger partial charge on any atom is 0.267 e. The molecule has 1 saturated heterocycles. The number of primary amides is 1. The number of amides is 2. The lowest BCUT2D eigenvalue weighted by atomic mass is 9.95. The fraction of sp³-hybridized carbons (Fsp3) is 0.276. The topological polar surface area (TPSA) is 124 Å². The van der Waals surface area contributed by atoms with Gasteiger partial charge in [0.2, 0.25) is 5.91 Å². The molecule has 0 saturated carbocycles. The van der Waals surface area contributed by atoms with Crippen molar-refractivity contribution >= 4 is 17.5 Å². The van der Waals surface area contributed by atoms with Crippen LogP contribution in [0.1, 0.15) is 35.3 Å². The lowest BCUT2D eigenvalue weighted by molar-refractivity contribution is -0.118. The van der Waals surface area contributed by atoms with Crippen LogP contribution in [0.15, 0.2) is 66.9 Å². The van der Waals surface area contributed by atoms with Gasteiger partial charge in [-0.15, -0.1) is 0 Å². The van der Waals surface area contributed by atoms with E-state index >= 15 is 0 Å². The zero-order valence-corrected chi connectivity index (χ0v) is 21.1. The van der Waals surface area contributed by atoms with Gasteiger partial charge in [0.1, 0.15) is 28.5 Å². The maximum absolute atomic E-state index is 11.9. The second kappa shape index (κ2) is 12.2. The molecular weight excluding hydrogens is 486 g/mol. The molecular formula is C29H29N3O6. The SMILES string of the molecule is CN1C(=O)CCOc2ccc(C#CC3(O)CCOCC3)cc21.NC(=O)c1cc(Oc2ccccc2)ccn1. The molecule has 9 heteroatoms. The van der Waals surface area contributed by atoms with E-state index in [4.69, 9.17) is 19.9 Å². The highest BCUT2D eigenvalue weighted by Crippen LogP contribution is 2.31. The molecule has 5 rings (SSSR count). The molecule has 3 N–H and O–H groups in total. The summed E-state index contributed by atoms with van der Waals surface area (Å²) < 4.78 is 16.3. The summed E-state index contributed by atoms with van der Waals surface area (Å²) in [5.41, 5.74) is 5.79. The number of para-hydroxylation sites is 1. The normalized spacial score (nSPS) is 15.8. The number of hydrogen-bond acceptors (Lipinski definition) is 7. The van der Waals surface area contributed by atoms with E-state index in [1.165, 1.54) is 12.3 Å². The lowest BCUT2D eigenvalue weighted by Crippen LogP contribution is -2.34. The average molecular weight is 516 g/mol. The van der Waals surface area contributed by atoms with Gasteiger partial charge in [0.25, 0.3) is 5.91 Å². The van der Waals surface area contributed by atoms with Gasteiger partial charge in [0.05, 0.1) is 31.9 Å². The number of aromatic nitrogens is 1. The molecule has 0 aliphatic carbocycles. The predicted molar refractivity (Wildman–Crippen MR) is 141 cm³/mol. The van der Waals surface area contributed by atoms with Gasteiger partial charge >= 0.3 is 0 Å². The summed E-state index contributed by atoms with van der Waals surface area (Å²) in [6.07, 6.45) is 2.89. The zero-order valence-electron chi connectivity index (χ0n) is 21.1. The van der Waals surface area contributed by atoms with Crippen LogP contribution in [0.2, 0.25) is 0 Å². The molecule has 3 heterocycles. The van der Waals surface area contributed by atoms with E-state index in [0.29, 0.717) is 62.0 Å². The van der Waals surface area contributed by atoms with Crippen LogP contribution in [0.5, 0.6) is 17.2 Å². The van der Waals surface area contributed by atoms with Crippen LogP contribution in [-0.2, 0) is 9.53 Å². The number of fused-ring (bicyclic) bond motifs is 1. The van der Waals surface area contributed by atoms with Crippen molar-refractivity contribution in [3.63, 3.8) is 0 Å². The first-order valence-electron chi connectivity index (χ1n) is 12.2.